The zero-order valence-corrected chi connectivity index (χ0v) is 9.62. The Labute approximate surface area is 92.8 Å². The highest BCUT2D eigenvalue weighted by Crippen LogP contribution is 2.10. The predicted molar refractivity (Wildman–Crippen MR) is 64.5 cm³/mol. The molecule has 0 radical (unpaired) electrons. The summed E-state index contributed by atoms with van der Waals surface area (Å²) in [6.07, 6.45) is 5.82. The van der Waals surface area contributed by atoms with Crippen molar-refractivity contribution in [2.24, 2.45) is 0 Å². The fourth-order valence-electron chi connectivity index (χ4n) is 0.759. The van der Waals surface area contributed by atoms with Crippen molar-refractivity contribution in [2.75, 3.05) is 5.75 Å². The average Bonchev–Trinajstić information content (AvgIpc) is 2.55. The summed E-state index contributed by atoms with van der Waals surface area (Å²) in [7, 11) is 0. The van der Waals surface area contributed by atoms with Gasteiger partial charge in [0.2, 0.25) is 0 Å². The normalized spacial score (nSPS) is 11.7. The van der Waals surface area contributed by atoms with Crippen molar-refractivity contribution in [1.82, 2.24) is 4.57 Å². The van der Waals surface area contributed by atoms with Gasteiger partial charge in [0.1, 0.15) is 4.32 Å². The van der Waals surface area contributed by atoms with Gasteiger partial charge in [-0.1, -0.05) is 41.7 Å². The molecule has 0 atom stereocenters. The first-order valence-corrected chi connectivity index (χ1v) is 5.59. The Balaban J connectivity index is 2.39. The molecule has 70 valence electrons. The fourth-order valence-corrected chi connectivity index (χ4v) is 2.00. The third kappa shape index (κ3) is 3.98. The van der Waals surface area contributed by atoms with Crippen LogP contribution in [0.3, 0.4) is 0 Å². The SMILES string of the molecule is CC(Cl)=CCSC(=S)n1cccc1. The van der Waals surface area contributed by atoms with Crippen LogP contribution in [0.25, 0.3) is 0 Å². The molecular formula is C9H10ClNS2. The molecule has 1 nitrogen and oxygen atoms in total. The van der Waals surface area contributed by atoms with Gasteiger partial charge in [0, 0.05) is 23.2 Å². The van der Waals surface area contributed by atoms with E-state index in [4.69, 9.17) is 23.8 Å². The van der Waals surface area contributed by atoms with Gasteiger partial charge in [-0.05, 0) is 19.1 Å². The molecule has 0 aromatic carbocycles. The van der Waals surface area contributed by atoms with Crippen molar-refractivity contribution in [1.29, 1.82) is 0 Å². The molecule has 1 aromatic rings. The van der Waals surface area contributed by atoms with Crippen LogP contribution in [0.1, 0.15) is 6.92 Å². The second-order valence-electron chi connectivity index (χ2n) is 2.46. The van der Waals surface area contributed by atoms with E-state index >= 15 is 0 Å². The smallest absolute Gasteiger partial charge is 0.144 e. The highest BCUT2D eigenvalue weighted by atomic mass is 35.5. The molecule has 4 heteroatoms. The van der Waals surface area contributed by atoms with Gasteiger partial charge in [-0.2, -0.15) is 0 Å². The topological polar surface area (TPSA) is 4.93 Å². The second kappa shape index (κ2) is 5.47. The van der Waals surface area contributed by atoms with Gasteiger partial charge < -0.3 is 4.57 Å². The van der Waals surface area contributed by atoms with Crippen LogP contribution < -0.4 is 0 Å². The van der Waals surface area contributed by atoms with Crippen molar-refractivity contribution < 1.29 is 0 Å². The summed E-state index contributed by atoms with van der Waals surface area (Å²) in [4.78, 5) is 0. The van der Waals surface area contributed by atoms with E-state index in [1.807, 2.05) is 42.1 Å². The van der Waals surface area contributed by atoms with Crippen LogP contribution in [-0.2, 0) is 0 Å². The van der Waals surface area contributed by atoms with Crippen LogP contribution >= 0.6 is 35.6 Å². The Morgan fingerprint density at radius 1 is 1.54 bits per heavy atom. The molecule has 0 spiro atoms. The maximum Gasteiger partial charge on any atom is 0.144 e. The number of thioether (sulfide) groups is 1. The summed E-state index contributed by atoms with van der Waals surface area (Å²) in [5.74, 6) is 0.826. The third-order valence-corrected chi connectivity index (χ3v) is 2.90. The number of hydrogen-bond donors (Lipinski definition) is 0. The van der Waals surface area contributed by atoms with Crippen molar-refractivity contribution in [3.8, 4) is 0 Å². The monoisotopic (exact) mass is 231 g/mol. The summed E-state index contributed by atoms with van der Waals surface area (Å²) in [5, 5.41) is 0.808. The lowest BCUT2D eigenvalue weighted by molar-refractivity contribution is 1.22. The van der Waals surface area contributed by atoms with Gasteiger partial charge >= 0.3 is 0 Å². The van der Waals surface area contributed by atoms with Crippen LogP contribution in [0.2, 0.25) is 0 Å². The van der Waals surface area contributed by atoms with E-state index in [9.17, 15) is 0 Å². The van der Waals surface area contributed by atoms with Crippen LogP contribution in [0.15, 0.2) is 35.6 Å². The van der Waals surface area contributed by atoms with Crippen LogP contribution in [0.4, 0.5) is 0 Å². The Kier molecular flexibility index (Phi) is 4.56. The number of rotatable bonds is 2. The first kappa shape index (κ1) is 10.8. The quantitative estimate of drug-likeness (QED) is 0.718. The number of hydrogen-bond acceptors (Lipinski definition) is 2. The summed E-state index contributed by atoms with van der Waals surface area (Å²) in [6.45, 7) is 1.86. The van der Waals surface area contributed by atoms with Gasteiger partial charge in [0.25, 0.3) is 0 Å². The maximum atomic E-state index is 5.68. The number of thiocarbonyl (C=S) groups is 1. The highest BCUT2D eigenvalue weighted by molar-refractivity contribution is 8.23. The van der Waals surface area contributed by atoms with Gasteiger partial charge in [-0.15, -0.1) is 0 Å². The van der Waals surface area contributed by atoms with Crippen LogP contribution in [-0.4, -0.2) is 14.6 Å². The average molecular weight is 232 g/mol. The lowest BCUT2D eigenvalue weighted by Crippen LogP contribution is -2.01. The van der Waals surface area contributed by atoms with E-state index in [0.717, 1.165) is 15.1 Å². The van der Waals surface area contributed by atoms with Gasteiger partial charge in [-0.25, -0.2) is 0 Å². The molecule has 0 N–H and O–H groups in total. The molecule has 0 aliphatic rings. The molecule has 0 unspecified atom stereocenters. The van der Waals surface area contributed by atoms with E-state index in [2.05, 4.69) is 0 Å². The molecule has 0 aliphatic carbocycles. The minimum absolute atomic E-state index is 0.808. The van der Waals surface area contributed by atoms with E-state index in [-0.39, 0.29) is 0 Å². The standard InChI is InChI=1S/C9H10ClNS2/c1-8(10)4-7-13-9(12)11-5-2-3-6-11/h2-6H,7H2,1H3. The molecule has 0 saturated heterocycles. The molecule has 1 aromatic heterocycles. The van der Waals surface area contributed by atoms with Gasteiger partial charge in [0.05, 0.1) is 0 Å². The summed E-state index contributed by atoms with van der Waals surface area (Å²) in [6, 6.07) is 3.91. The number of aromatic nitrogens is 1. The molecule has 0 saturated carbocycles. The molecular weight excluding hydrogens is 222 g/mol. The molecule has 0 amide bonds. The minimum Gasteiger partial charge on any atom is -0.310 e. The Morgan fingerprint density at radius 2 is 2.15 bits per heavy atom. The Morgan fingerprint density at radius 3 is 2.69 bits per heavy atom. The Hall–Kier alpha value is -0.250. The minimum atomic E-state index is 0.808. The van der Waals surface area contributed by atoms with Crippen molar-refractivity contribution in [2.45, 2.75) is 6.92 Å². The molecule has 0 bridgehead atoms. The molecule has 1 heterocycles. The number of nitrogens with zero attached hydrogens (tertiary/aromatic N) is 1. The summed E-state index contributed by atoms with van der Waals surface area (Å²) >= 11 is 12.5. The maximum absolute atomic E-state index is 5.68. The molecule has 13 heavy (non-hydrogen) atoms. The lowest BCUT2D eigenvalue weighted by Gasteiger charge is -2.01. The first-order chi connectivity index (χ1) is 6.20. The zero-order valence-electron chi connectivity index (χ0n) is 7.24. The van der Waals surface area contributed by atoms with E-state index in [0.29, 0.717) is 0 Å². The van der Waals surface area contributed by atoms with Crippen LogP contribution in [0.5, 0.6) is 0 Å². The van der Waals surface area contributed by atoms with E-state index in [1.54, 1.807) is 11.8 Å². The summed E-state index contributed by atoms with van der Waals surface area (Å²) < 4.78 is 2.76. The second-order valence-corrected chi connectivity index (χ2v) is 4.71. The van der Waals surface area contributed by atoms with Crippen molar-refractivity contribution >= 4 is 39.9 Å². The molecule has 1 rings (SSSR count). The van der Waals surface area contributed by atoms with Crippen LogP contribution in [0, 0.1) is 0 Å². The van der Waals surface area contributed by atoms with Gasteiger partial charge in [-0.3, -0.25) is 0 Å². The number of allylic oxidation sites excluding steroid dienone is 1. The third-order valence-electron chi connectivity index (χ3n) is 1.39. The largest absolute Gasteiger partial charge is 0.310 e. The first-order valence-electron chi connectivity index (χ1n) is 3.82. The summed E-state index contributed by atoms with van der Waals surface area (Å²) in [5.41, 5.74) is 0. The van der Waals surface area contributed by atoms with E-state index in [1.165, 1.54) is 0 Å². The Bertz CT molecular complexity index is 299. The highest BCUT2D eigenvalue weighted by Gasteiger charge is 1.96. The van der Waals surface area contributed by atoms with Crippen molar-refractivity contribution in [3.05, 3.63) is 35.6 Å². The molecule has 0 fully saturated rings. The fraction of sp³-hybridized carbons (Fsp3) is 0.222. The molecule has 0 aliphatic heterocycles. The van der Waals surface area contributed by atoms with Gasteiger partial charge in [0.15, 0.2) is 0 Å². The van der Waals surface area contributed by atoms with Crippen molar-refractivity contribution in [3.63, 3.8) is 0 Å². The lowest BCUT2D eigenvalue weighted by atomic mass is 10.6. The number of halogens is 1. The zero-order chi connectivity index (χ0) is 9.68. The van der Waals surface area contributed by atoms with E-state index < -0.39 is 0 Å². The predicted octanol–water partition coefficient (Wildman–Crippen LogP) is 3.50.